The van der Waals surface area contributed by atoms with Gasteiger partial charge in [-0.3, -0.25) is 0 Å². The summed E-state index contributed by atoms with van der Waals surface area (Å²) in [5, 5.41) is 3.05. The van der Waals surface area contributed by atoms with Crippen molar-refractivity contribution in [1.82, 2.24) is 4.98 Å². The van der Waals surface area contributed by atoms with Crippen LogP contribution < -0.4 is 10.1 Å². The topological polar surface area (TPSA) is 34.1 Å². The van der Waals surface area contributed by atoms with E-state index in [1.54, 1.807) is 19.2 Å². The minimum absolute atomic E-state index is 0.482. The first-order chi connectivity index (χ1) is 9.28. The highest BCUT2D eigenvalue weighted by Gasteiger charge is 1.97. The molecule has 0 amide bonds. The van der Waals surface area contributed by atoms with E-state index in [2.05, 4.69) is 10.3 Å². The fraction of sp³-hybridized carbons (Fsp3) is 0.267. The van der Waals surface area contributed by atoms with Crippen molar-refractivity contribution in [1.29, 1.82) is 0 Å². The van der Waals surface area contributed by atoms with Gasteiger partial charge in [-0.05, 0) is 29.8 Å². The van der Waals surface area contributed by atoms with Crippen LogP contribution in [0.15, 0.2) is 42.5 Å². The highest BCUT2D eigenvalue weighted by Crippen LogP contribution is 2.12. The van der Waals surface area contributed by atoms with Crippen LogP contribution in [0.4, 0.5) is 10.2 Å². The lowest BCUT2D eigenvalue weighted by atomic mass is 10.2. The summed E-state index contributed by atoms with van der Waals surface area (Å²) < 4.78 is 17.9. The number of nitrogens with one attached hydrogen (secondary N) is 1. The van der Waals surface area contributed by atoms with Crippen molar-refractivity contribution in [2.45, 2.75) is 20.4 Å². The molecule has 0 aliphatic rings. The minimum Gasteiger partial charge on any atom is -0.497 e. The Morgan fingerprint density at radius 1 is 1.11 bits per heavy atom. The van der Waals surface area contributed by atoms with Gasteiger partial charge in [-0.1, -0.05) is 32.0 Å². The molecule has 0 spiro atoms. The van der Waals surface area contributed by atoms with Crippen LogP contribution in [0.1, 0.15) is 19.4 Å². The fourth-order valence-corrected chi connectivity index (χ4v) is 1.44. The van der Waals surface area contributed by atoms with Gasteiger partial charge in [0.05, 0.1) is 7.11 Å². The molecule has 1 N–H and O–H groups in total. The van der Waals surface area contributed by atoms with Crippen LogP contribution in [0, 0.1) is 5.95 Å². The van der Waals surface area contributed by atoms with Gasteiger partial charge in [0.25, 0.3) is 0 Å². The molecule has 0 saturated carbocycles. The van der Waals surface area contributed by atoms with Crippen molar-refractivity contribution in [3.8, 4) is 5.75 Å². The Balaban J connectivity index is 0.000000861. The van der Waals surface area contributed by atoms with Crippen molar-refractivity contribution in [3.05, 3.63) is 54.0 Å². The molecule has 0 unspecified atom stereocenters. The molecule has 0 saturated heterocycles. The van der Waals surface area contributed by atoms with Gasteiger partial charge in [0.1, 0.15) is 11.6 Å². The van der Waals surface area contributed by atoms with Crippen LogP contribution in [-0.2, 0) is 6.54 Å². The lowest BCUT2D eigenvalue weighted by Gasteiger charge is -2.06. The lowest BCUT2D eigenvalue weighted by Crippen LogP contribution is -2.01. The van der Waals surface area contributed by atoms with Crippen molar-refractivity contribution < 1.29 is 9.13 Å². The first kappa shape index (κ1) is 15.0. The molecule has 0 atom stereocenters. The van der Waals surface area contributed by atoms with E-state index in [-0.39, 0.29) is 0 Å². The van der Waals surface area contributed by atoms with Gasteiger partial charge >= 0.3 is 0 Å². The van der Waals surface area contributed by atoms with Gasteiger partial charge in [0, 0.05) is 6.54 Å². The number of pyridine rings is 1. The maximum absolute atomic E-state index is 12.8. The van der Waals surface area contributed by atoms with Gasteiger partial charge < -0.3 is 10.1 Å². The summed E-state index contributed by atoms with van der Waals surface area (Å²) in [4.78, 5) is 3.72. The third-order valence-electron chi connectivity index (χ3n) is 2.35. The molecule has 0 aliphatic carbocycles. The molecule has 1 heterocycles. The summed E-state index contributed by atoms with van der Waals surface area (Å²) in [5.41, 5.74) is 1.08. The molecular formula is C15H19FN2O. The molecule has 2 aromatic rings. The van der Waals surface area contributed by atoms with Crippen molar-refractivity contribution in [2.75, 3.05) is 12.4 Å². The zero-order valence-electron chi connectivity index (χ0n) is 11.5. The van der Waals surface area contributed by atoms with E-state index in [0.717, 1.165) is 11.3 Å². The summed E-state index contributed by atoms with van der Waals surface area (Å²) in [6, 6.07) is 12.3. The normalized spacial score (nSPS) is 9.26. The van der Waals surface area contributed by atoms with Crippen LogP contribution in [0.25, 0.3) is 0 Å². The van der Waals surface area contributed by atoms with Crippen LogP contribution in [0.3, 0.4) is 0 Å². The standard InChI is InChI=1S/C13H13FN2O.C2H6/c1-17-11-7-5-10(6-8-11)9-15-13-4-2-3-12(14)16-13;1-2/h2-8H,9H2,1H3,(H,15,16);1-2H3. The molecule has 19 heavy (non-hydrogen) atoms. The number of ether oxygens (including phenoxy) is 1. The predicted molar refractivity (Wildman–Crippen MR) is 75.9 cm³/mol. The lowest BCUT2D eigenvalue weighted by molar-refractivity contribution is 0.414. The van der Waals surface area contributed by atoms with Crippen molar-refractivity contribution in [2.24, 2.45) is 0 Å². The molecule has 4 heteroatoms. The number of anilines is 1. The average molecular weight is 262 g/mol. The summed E-state index contributed by atoms with van der Waals surface area (Å²) in [6.45, 7) is 4.60. The minimum atomic E-state index is -0.482. The van der Waals surface area contributed by atoms with E-state index in [0.29, 0.717) is 12.4 Å². The predicted octanol–water partition coefficient (Wildman–Crippen LogP) is 3.87. The van der Waals surface area contributed by atoms with Crippen molar-refractivity contribution >= 4 is 5.82 Å². The molecule has 0 aliphatic heterocycles. The van der Waals surface area contributed by atoms with Crippen LogP contribution in [0.2, 0.25) is 0 Å². The Bertz CT molecular complexity index is 486. The molecule has 0 bridgehead atoms. The fourth-order valence-electron chi connectivity index (χ4n) is 1.44. The molecule has 102 valence electrons. The van der Waals surface area contributed by atoms with Crippen LogP contribution in [0.5, 0.6) is 5.75 Å². The summed E-state index contributed by atoms with van der Waals surface area (Å²) in [6.07, 6.45) is 0. The molecule has 1 aromatic carbocycles. The van der Waals surface area contributed by atoms with Gasteiger partial charge in [0.15, 0.2) is 0 Å². The highest BCUT2D eigenvalue weighted by atomic mass is 19.1. The Labute approximate surface area is 113 Å². The number of rotatable bonds is 4. The molecule has 0 fully saturated rings. The van der Waals surface area contributed by atoms with Gasteiger partial charge in [-0.15, -0.1) is 0 Å². The van der Waals surface area contributed by atoms with Gasteiger partial charge in [0.2, 0.25) is 5.95 Å². The molecule has 3 nitrogen and oxygen atoms in total. The first-order valence-corrected chi connectivity index (χ1v) is 6.27. The van der Waals surface area contributed by atoms with E-state index < -0.39 is 5.95 Å². The number of benzene rings is 1. The zero-order chi connectivity index (χ0) is 14.1. The molecule has 2 rings (SSSR count). The Hall–Kier alpha value is -2.10. The van der Waals surface area contributed by atoms with E-state index >= 15 is 0 Å². The number of hydrogen-bond acceptors (Lipinski definition) is 3. The van der Waals surface area contributed by atoms with E-state index in [1.807, 2.05) is 38.1 Å². The number of halogens is 1. The van der Waals surface area contributed by atoms with E-state index in [1.165, 1.54) is 6.07 Å². The second kappa shape index (κ2) is 8.08. The Morgan fingerprint density at radius 2 is 1.79 bits per heavy atom. The number of nitrogens with zero attached hydrogens (tertiary/aromatic N) is 1. The highest BCUT2D eigenvalue weighted by molar-refractivity contribution is 5.36. The smallest absolute Gasteiger partial charge is 0.214 e. The van der Waals surface area contributed by atoms with Gasteiger partial charge in [-0.2, -0.15) is 4.39 Å². The quantitative estimate of drug-likeness (QED) is 0.849. The SMILES string of the molecule is CC.COc1ccc(CNc2cccc(F)n2)cc1. The van der Waals surface area contributed by atoms with Gasteiger partial charge in [-0.25, -0.2) is 4.98 Å². The number of hydrogen-bond donors (Lipinski definition) is 1. The van der Waals surface area contributed by atoms with E-state index in [9.17, 15) is 4.39 Å². The second-order valence-electron chi connectivity index (χ2n) is 3.55. The van der Waals surface area contributed by atoms with Crippen LogP contribution >= 0.6 is 0 Å². The first-order valence-electron chi connectivity index (χ1n) is 6.27. The average Bonchev–Trinajstić information content (AvgIpc) is 2.48. The summed E-state index contributed by atoms with van der Waals surface area (Å²) in [7, 11) is 1.63. The molecular weight excluding hydrogens is 243 g/mol. The zero-order valence-corrected chi connectivity index (χ0v) is 11.5. The maximum Gasteiger partial charge on any atom is 0.214 e. The Kier molecular flexibility index (Phi) is 6.36. The third kappa shape index (κ3) is 4.95. The monoisotopic (exact) mass is 262 g/mol. The molecule has 0 radical (unpaired) electrons. The third-order valence-corrected chi connectivity index (χ3v) is 2.35. The Morgan fingerprint density at radius 3 is 2.37 bits per heavy atom. The van der Waals surface area contributed by atoms with E-state index in [4.69, 9.17) is 4.74 Å². The summed E-state index contributed by atoms with van der Waals surface area (Å²) >= 11 is 0. The second-order valence-corrected chi connectivity index (χ2v) is 3.55. The van der Waals surface area contributed by atoms with Crippen LogP contribution in [-0.4, -0.2) is 12.1 Å². The molecule has 1 aromatic heterocycles. The summed E-state index contributed by atoms with van der Waals surface area (Å²) in [5.74, 6) is 0.864. The largest absolute Gasteiger partial charge is 0.497 e. The maximum atomic E-state index is 12.8. The number of aromatic nitrogens is 1. The van der Waals surface area contributed by atoms with Crippen molar-refractivity contribution in [3.63, 3.8) is 0 Å². The number of methoxy groups -OCH3 is 1.